The maximum absolute atomic E-state index is 5.33. The number of para-hydroxylation sites is 1. The van der Waals surface area contributed by atoms with Crippen molar-refractivity contribution in [2.24, 2.45) is 0 Å². The third-order valence-corrected chi connectivity index (χ3v) is 4.62. The van der Waals surface area contributed by atoms with Crippen molar-refractivity contribution in [1.29, 1.82) is 0 Å². The Morgan fingerprint density at radius 3 is 2.67 bits per heavy atom. The number of aromatic nitrogens is 1. The molecular weight excluding hydrogens is 262 g/mol. The van der Waals surface area contributed by atoms with E-state index >= 15 is 0 Å². The summed E-state index contributed by atoms with van der Waals surface area (Å²) in [5, 5.41) is 0. The molecule has 0 radical (unpaired) electrons. The number of ether oxygens (including phenoxy) is 1. The molecule has 2 nitrogen and oxygen atoms in total. The van der Waals surface area contributed by atoms with Gasteiger partial charge < -0.3 is 4.74 Å². The van der Waals surface area contributed by atoms with Crippen LogP contribution in [-0.4, -0.2) is 12.1 Å². The van der Waals surface area contributed by atoms with Crippen LogP contribution in [0.5, 0.6) is 5.75 Å². The minimum atomic E-state index is 0.837. The van der Waals surface area contributed by atoms with Crippen molar-refractivity contribution in [2.45, 2.75) is 9.24 Å². The highest BCUT2D eigenvalue weighted by Crippen LogP contribution is 2.37. The molecule has 0 atom stereocenters. The van der Waals surface area contributed by atoms with Gasteiger partial charge >= 0.3 is 0 Å². The first kappa shape index (κ1) is 11.6. The SMILES string of the molecule is COc1cccc2sc(Sc3ccccc3)nc12. The monoisotopic (exact) mass is 273 g/mol. The molecule has 1 aromatic heterocycles. The molecule has 18 heavy (non-hydrogen) atoms. The van der Waals surface area contributed by atoms with Gasteiger partial charge in [-0.05, 0) is 24.3 Å². The lowest BCUT2D eigenvalue weighted by Crippen LogP contribution is -1.83. The molecule has 1 heterocycles. The second-order valence-electron chi connectivity index (χ2n) is 3.70. The summed E-state index contributed by atoms with van der Waals surface area (Å²) in [6.07, 6.45) is 0. The van der Waals surface area contributed by atoms with Gasteiger partial charge in [-0.2, -0.15) is 0 Å². The quantitative estimate of drug-likeness (QED) is 0.703. The molecule has 3 aromatic rings. The topological polar surface area (TPSA) is 22.1 Å². The first-order valence-corrected chi connectivity index (χ1v) is 7.16. The van der Waals surface area contributed by atoms with E-state index in [9.17, 15) is 0 Å². The molecule has 0 spiro atoms. The van der Waals surface area contributed by atoms with E-state index in [-0.39, 0.29) is 0 Å². The van der Waals surface area contributed by atoms with E-state index in [4.69, 9.17) is 4.74 Å². The van der Waals surface area contributed by atoms with Crippen molar-refractivity contribution >= 4 is 33.3 Å². The van der Waals surface area contributed by atoms with Crippen LogP contribution in [0.3, 0.4) is 0 Å². The molecule has 0 aliphatic rings. The van der Waals surface area contributed by atoms with Crippen LogP contribution in [0.1, 0.15) is 0 Å². The van der Waals surface area contributed by atoms with Gasteiger partial charge in [-0.3, -0.25) is 0 Å². The van der Waals surface area contributed by atoms with Gasteiger partial charge in [0.25, 0.3) is 0 Å². The Morgan fingerprint density at radius 2 is 1.89 bits per heavy atom. The van der Waals surface area contributed by atoms with E-state index in [1.54, 1.807) is 30.2 Å². The number of nitrogens with zero attached hydrogens (tertiary/aromatic N) is 1. The zero-order valence-electron chi connectivity index (χ0n) is 9.79. The lowest BCUT2D eigenvalue weighted by Gasteiger charge is -1.98. The van der Waals surface area contributed by atoms with Crippen molar-refractivity contribution in [1.82, 2.24) is 4.98 Å². The standard InChI is InChI=1S/C14H11NOS2/c1-16-11-8-5-9-12-13(11)15-14(18-12)17-10-6-3-2-4-7-10/h2-9H,1H3. The van der Waals surface area contributed by atoms with Crippen LogP contribution in [0.15, 0.2) is 57.8 Å². The number of fused-ring (bicyclic) bond motifs is 1. The number of benzene rings is 2. The lowest BCUT2D eigenvalue weighted by molar-refractivity contribution is 0.419. The molecule has 4 heteroatoms. The summed E-state index contributed by atoms with van der Waals surface area (Å²) < 4.78 is 7.53. The summed E-state index contributed by atoms with van der Waals surface area (Å²) in [5.74, 6) is 0.837. The molecule has 0 saturated carbocycles. The summed E-state index contributed by atoms with van der Waals surface area (Å²) in [6, 6.07) is 16.3. The number of hydrogen-bond donors (Lipinski definition) is 0. The number of rotatable bonds is 3. The highest BCUT2D eigenvalue weighted by molar-refractivity contribution is 8.01. The summed E-state index contributed by atoms with van der Waals surface area (Å²) in [7, 11) is 1.68. The summed E-state index contributed by atoms with van der Waals surface area (Å²) >= 11 is 3.38. The van der Waals surface area contributed by atoms with Gasteiger partial charge in [0.15, 0.2) is 4.34 Å². The van der Waals surface area contributed by atoms with Gasteiger partial charge in [-0.15, -0.1) is 11.3 Å². The number of methoxy groups -OCH3 is 1. The molecule has 2 aromatic carbocycles. The Labute approximate surface area is 114 Å². The van der Waals surface area contributed by atoms with E-state index in [0.29, 0.717) is 0 Å². The maximum Gasteiger partial charge on any atom is 0.156 e. The second kappa shape index (κ2) is 5.00. The molecule has 0 amide bonds. The van der Waals surface area contributed by atoms with Crippen molar-refractivity contribution in [3.8, 4) is 5.75 Å². The van der Waals surface area contributed by atoms with Crippen LogP contribution in [0.25, 0.3) is 10.2 Å². The van der Waals surface area contributed by atoms with E-state index in [1.807, 2.05) is 30.3 Å². The largest absolute Gasteiger partial charge is 0.494 e. The van der Waals surface area contributed by atoms with E-state index < -0.39 is 0 Å². The van der Waals surface area contributed by atoms with Crippen LogP contribution in [0.4, 0.5) is 0 Å². The van der Waals surface area contributed by atoms with Gasteiger partial charge in [0.05, 0.1) is 11.8 Å². The van der Waals surface area contributed by atoms with Crippen LogP contribution < -0.4 is 4.74 Å². The van der Waals surface area contributed by atoms with Gasteiger partial charge in [-0.25, -0.2) is 4.98 Å². The fraction of sp³-hybridized carbons (Fsp3) is 0.0714. The molecule has 0 aliphatic heterocycles. The highest BCUT2D eigenvalue weighted by atomic mass is 32.2. The molecule has 0 fully saturated rings. The Morgan fingerprint density at radius 1 is 1.06 bits per heavy atom. The Balaban J connectivity index is 1.99. The van der Waals surface area contributed by atoms with Crippen LogP contribution in [-0.2, 0) is 0 Å². The molecule has 0 bridgehead atoms. The second-order valence-corrected chi connectivity index (χ2v) is 6.05. The lowest BCUT2D eigenvalue weighted by atomic mass is 10.3. The Kier molecular flexibility index (Phi) is 3.21. The Hall–Kier alpha value is -1.52. The molecule has 0 aliphatic carbocycles. The van der Waals surface area contributed by atoms with Crippen molar-refractivity contribution in [3.63, 3.8) is 0 Å². The van der Waals surface area contributed by atoms with Crippen LogP contribution in [0.2, 0.25) is 0 Å². The summed E-state index contributed by atoms with van der Waals surface area (Å²) in [5.41, 5.74) is 0.948. The molecular formula is C14H11NOS2. The Bertz CT molecular complexity index is 664. The van der Waals surface area contributed by atoms with Crippen LogP contribution >= 0.6 is 23.1 Å². The predicted molar refractivity (Wildman–Crippen MR) is 76.7 cm³/mol. The molecule has 90 valence electrons. The van der Waals surface area contributed by atoms with Gasteiger partial charge in [-0.1, -0.05) is 36.0 Å². The van der Waals surface area contributed by atoms with Gasteiger partial charge in [0.2, 0.25) is 0 Å². The van der Waals surface area contributed by atoms with Crippen LogP contribution in [0, 0.1) is 0 Å². The van der Waals surface area contributed by atoms with Crippen molar-refractivity contribution in [2.75, 3.05) is 7.11 Å². The zero-order chi connectivity index (χ0) is 12.4. The predicted octanol–water partition coefficient (Wildman–Crippen LogP) is 4.46. The summed E-state index contributed by atoms with van der Waals surface area (Å²) in [6.45, 7) is 0. The first-order chi connectivity index (χ1) is 8.86. The number of hydrogen-bond acceptors (Lipinski definition) is 4. The van der Waals surface area contributed by atoms with Crippen molar-refractivity contribution in [3.05, 3.63) is 48.5 Å². The maximum atomic E-state index is 5.33. The van der Waals surface area contributed by atoms with E-state index in [0.717, 1.165) is 20.3 Å². The highest BCUT2D eigenvalue weighted by Gasteiger charge is 2.09. The van der Waals surface area contributed by atoms with E-state index in [2.05, 4.69) is 23.2 Å². The molecule has 0 saturated heterocycles. The average molecular weight is 273 g/mol. The van der Waals surface area contributed by atoms with E-state index in [1.165, 1.54) is 4.90 Å². The normalized spacial score (nSPS) is 10.7. The average Bonchev–Trinajstić information content (AvgIpc) is 2.82. The number of thiazole rings is 1. The first-order valence-electron chi connectivity index (χ1n) is 5.53. The molecule has 0 unspecified atom stereocenters. The smallest absolute Gasteiger partial charge is 0.156 e. The zero-order valence-corrected chi connectivity index (χ0v) is 11.4. The summed E-state index contributed by atoms with van der Waals surface area (Å²) in [4.78, 5) is 5.84. The molecule has 3 rings (SSSR count). The third kappa shape index (κ3) is 2.21. The fourth-order valence-electron chi connectivity index (χ4n) is 1.70. The minimum Gasteiger partial charge on any atom is -0.494 e. The van der Waals surface area contributed by atoms with Gasteiger partial charge in [0.1, 0.15) is 11.3 Å². The van der Waals surface area contributed by atoms with Crippen molar-refractivity contribution < 1.29 is 4.74 Å². The third-order valence-electron chi connectivity index (χ3n) is 2.53. The van der Waals surface area contributed by atoms with Gasteiger partial charge in [0, 0.05) is 4.90 Å². The fourth-order valence-corrected chi connectivity index (χ4v) is 3.77. The minimum absolute atomic E-state index is 0.837. The molecule has 0 N–H and O–H groups in total.